The van der Waals surface area contributed by atoms with Crippen LogP contribution in [0.25, 0.3) is 10.9 Å². The van der Waals surface area contributed by atoms with Gasteiger partial charge in [0.15, 0.2) is 0 Å². The molecule has 1 aliphatic heterocycles. The van der Waals surface area contributed by atoms with Gasteiger partial charge in [-0.1, -0.05) is 0 Å². The lowest BCUT2D eigenvalue weighted by Gasteiger charge is -2.15. The minimum absolute atomic E-state index is 0.250. The number of fused-ring (bicyclic) bond motifs is 1. The molecule has 0 spiro atoms. The molecule has 0 amide bonds. The van der Waals surface area contributed by atoms with Crippen molar-refractivity contribution in [2.75, 3.05) is 25.6 Å². The molecule has 3 rings (SSSR count). The van der Waals surface area contributed by atoms with Crippen LogP contribution in [0.15, 0.2) is 6.07 Å². The van der Waals surface area contributed by atoms with E-state index in [1.807, 2.05) is 19.9 Å². The zero-order valence-electron chi connectivity index (χ0n) is 12.6. The quantitative estimate of drug-likeness (QED) is 0.930. The number of hydrogen-bond acceptors (Lipinski definition) is 6. The van der Waals surface area contributed by atoms with E-state index in [0.29, 0.717) is 5.88 Å². The average molecular weight is 288 g/mol. The van der Waals surface area contributed by atoms with Crippen molar-refractivity contribution in [3.63, 3.8) is 0 Å². The van der Waals surface area contributed by atoms with Crippen LogP contribution < -0.4 is 10.1 Å². The van der Waals surface area contributed by atoms with Crippen molar-refractivity contribution >= 4 is 16.7 Å². The highest BCUT2D eigenvalue weighted by Crippen LogP contribution is 2.29. The molecule has 21 heavy (non-hydrogen) atoms. The van der Waals surface area contributed by atoms with Gasteiger partial charge in [-0.3, -0.25) is 0 Å². The Morgan fingerprint density at radius 1 is 1.33 bits per heavy atom. The predicted octanol–water partition coefficient (Wildman–Crippen LogP) is 2.24. The Kier molecular flexibility index (Phi) is 3.88. The van der Waals surface area contributed by atoms with Gasteiger partial charge in [0, 0.05) is 18.8 Å². The number of aryl methyl sites for hydroxylation is 2. The van der Waals surface area contributed by atoms with E-state index in [1.54, 1.807) is 7.11 Å². The maximum Gasteiger partial charge on any atom is 0.226 e. The molecule has 1 atom stereocenters. The summed E-state index contributed by atoms with van der Waals surface area (Å²) in [5.74, 6) is 2.04. The molecule has 1 fully saturated rings. The van der Waals surface area contributed by atoms with Crippen LogP contribution in [0.1, 0.15) is 24.4 Å². The fourth-order valence-electron chi connectivity index (χ4n) is 2.65. The molecular formula is C15H20N4O2. The summed E-state index contributed by atoms with van der Waals surface area (Å²) in [4.78, 5) is 13.4. The lowest BCUT2D eigenvalue weighted by Crippen LogP contribution is -2.19. The third-order valence-electron chi connectivity index (χ3n) is 3.60. The smallest absolute Gasteiger partial charge is 0.226 e. The summed E-state index contributed by atoms with van der Waals surface area (Å²) in [7, 11) is 1.62. The van der Waals surface area contributed by atoms with Crippen molar-refractivity contribution in [3.05, 3.63) is 17.6 Å². The van der Waals surface area contributed by atoms with Gasteiger partial charge in [0.05, 0.1) is 18.7 Å². The molecule has 0 aromatic carbocycles. The zero-order valence-corrected chi connectivity index (χ0v) is 12.6. The minimum atomic E-state index is 0.250. The maximum atomic E-state index is 5.64. The third kappa shape index (κ3) is 2.90. The number of methoxy groups -OCH3 is 1. The predicted molar refractivity (Wildman–Crippen MR) is 80.8 cm³/mol. The Bertz CT molecular complexity index is 648. The Morgan fingerprint density at radius 2 is 2.19 bits per heavy atom. The average Bonchev–Trinajstić information content (AvgIpc) is 2.96. The number of nitrogens with zero attached hydrogens (tertiary/aromatic N) is 3. The van der Waals surface area contributed by atoms with Crippen molar-refractivity contribution in [1.82, 2.24) is 15.0 Å². The number of aromatic nitrogens is 3. The van der Waals surface area contributed by atoms with Gasteiger partial charge in [-0.05, 0) is 32.8 Å². The molecule has 6 heteroatoms. The van der Waals surface area contributed by atoms with Crippen LogP contribution >= 0.6 is 0 Å². The van der Waals surface area contributed by atoms with Gasteiger partial charge in [-0.15, -0.1) is 0 Å². The molecule has 0 radical (unpaired) electrons. The number of rotatable bonds is 4. The van der Waals surface area contributed by atoms with Crippen LogP contribution in [0, 0.1) is 13.8 Å². The molecule has 1 saturated heterocycles. The largest absolute Gasteiger partial charge is 0.480 e. The van der Waals surface area contributed by atoms with Gasteiger partial charge < -0.3 is 14.8 Å². The van der Waals surface area contributed by atoms with Crippen LogP contribution in [0.5, 0.6) is 5.88 Å². The summed E-state index contributed by atoms with van der Waals surface area (Å²) in [5.41, 5.74) is 1.73. The highest BCUT2D eigenvalue weighted by atomic mass is 16.5. The van der Waals surface area contributed by atoms with Gasteiger partial charge in [-0.25, -0.2) is 15.0 Å². The summed E-state index contributed by atoms with van der Waals surface area (Å²) in [5, 5.41) is 4.19. The first-order valence-corrected chi connectivity index (χ1v) is 7.23. The van der Waals surface area contributed by atoms with Gasteiger partial charge in [-0.2, -0.15) is 0 Å². The molecule has 0 aliphatic carbocycles. The molecule has 2 aromatic heterocycles. The lowest BCUT2D eigenvalue weighted by atomic mass is 10.2. The van der Waals surface area contributed by atoms with Crippen molar-refractivity contribution in [3.8, 4) is 5.88 Å². The standard InChI is InChI=1S/C15H20N4O2/c1-9-7-12-13(15(17-9)20-3)14(19-10(2)18-12)16-8-11-5-4-6-21-11/h7,11H,4-6,8H2,1-3H3,(H,16,18,19). The molecule has 1 unspecified atom stereocenters. The van der Waals surface area contributed by atoms with E-state index >= 15 is 0 Å². The van der Waals surface area contributed by atoms with Crippen LogP contribution in [-0.4, -0.2) is 41.3 Å². The van der Waals surface area contributed by atoms with Gasteiger partial charge >= 0.3 is 0 Å². The maximum absolute atomic E-state index is 5.64. The number of nitrogens with one attached hydrogen (secondary N) is 1. The van der Waals surface area contributed by atoms with E-state index in [9.17, 15) is 0 Å². The first-order valence-electron chi connectivity index (χ1n) is 7.23. The van der Waals surface area contributed by atoms with Crippen LogP contribution in [0.2, 0.25) is 0 Å². The van der Waals surface area contributed by atoms with Crippen molar-refractivity contribution in [2.45, 2.75) is 32.8 Å². The summed E-state index contributed by atoms with van der Waals surface area (Å²) < 4.78 is 11.0. The summed E-state index contributed by atoms with van der Waals surface area (Å²) >= 11 is 0. The van der Waals surface area contributed by atoms with Gasteiger partial charge in [0.25, 0.3) is 0 Å². The first kappa shape index (κ1) is 14.0. The van der Waals surface area contributed by atoms with Gasteiger partial charge in [0.2, 0.25) is 5.88 Å². The first-order chi connectivity index (χ1) is 10.2. The number of pyridine rings is 1. The van der Waals surface area contributed by atoms with E-state index in [1.165, 1.54) is 0 Å². The van der Waals surface area contributed by atoms with Crippen molar-refractivity contribution in [2.24, 2.45) is 0 Å². The van der Waals surface area contributed by atoms with Crippen molar-refractivity contribution < 1.29 is 9.47 Å². The topological polar surface area (TPSA) is 69.2 Å². The Hall–Kier alpha value is -1.95. The molecule has 1 N–H and O–H groups in total. The van der Waals surface area contributed by atoms with E-state index in [0.717, 1.165) is 54.2 Å². The Labute approximate surface area is 123 Å². The molecule has 112 valence electrons. The van der Waals surface area contributed by atoms with E-state index in [-0.39, 0.29) is 6.10 Å². The third-order valence-corrected chi connectivity index (χ3v) is 3.60. The van der Waals surface area contributed by atoms with E-state index in [2.05, 4.69) is 20.3 Å². The van der Waals surface area contributed by atoms with E-state index < -0.39 is 0 Å². The van der Waals surface area contributed by atoms with E-state index in [4.69, 9.17) is 9.47 Å². The fraction of sp³-hybridized carbons (Fsp3) is 0.533. The second-order valence-electron chi connectivity index (χ2n) is 5.30. The van der Waals surface area contributed by atoms with Gasteiger partial charge in [0.1, 0.15) is 17.0 Å². The Balaban J connectivity index is 1.99. The molecule has 2 aromatic rings. The van der Waals surface area contributed by atoms with Crippen LogP contribution in [0.4, 0.5) is 5.82 Å². The minimum Gasteiger partial charge on any atom is -0.480 e. The number of ether oxygens (including phenoxy) is 2. The van der Waals surface area contributed by atoms with Crippen LogP contribution in [0.3, 0.4) is 0 Å². The molecule has 0 saturated carbocycles. The fourth-order valence-corrected chi connectivity index (χ4v) is 2.65. The lowest BCUT2D eigenvalue weighted by molar-refractivity contribution is 0.120. The normalized spacial score (nSPS) is 18.1. The van der Waals surface area contributed by atoms with Crippen LogP contribution in [-0.2, 0) is 4.74 Å². The SMILES string of the molecule is COc1nc(C)cc2nc(C)nc(NCC3CCCO3)c12. The molecular weight excluding hydrogens is 268 g/mol. The summed E-state index contributed by atoms with van der Waals surface area (Å²) in [6, 6.07) is 1.95. The van der Waals surface area contributed by atoms with Crippen molar-refractivity contribution in [1.29, 1.82) is 0 Å². The Morgan fingerprint density at radius 3 is 2.90 bits per heavy atom. The molecule has 3 heterocycles. The highest BCUT2D eigenvalue weighted by molar-refractivity contribution is 5.93. The molecule has 0 bridgehead atoms. The number of hydrogen-bond donors (Lipinski definition) is 1. The molecule has 6 nitrogen and oxygen atoms in total. The molecule has 1 aliphatic rings. The monoisotopic (exact) mass is 288 g/mol. The highest BCUT2D eigenvalue weighted by Gasteiger charge is 2.18. The summed E-state index contributed by atoms with van der Waals surface area (Å²) in [6.07, 6.45) is 2.46. The summed E-state index contributed by atoms with van der Waals surface area (Å²) in [6.45, 7) is 5.40. The second kappa shape index (κ2) is 5.81. The number of anilines is 1. The second-order valence-corrected chi connectivity index (χ2v) is 5.30. The zero-order chi connectivity index (χ0) is 14.8.